The topological polar surface area (TPSA) is 83.6 Å². The second-order valence-electron chi connectivity index (χ2n) is 7.44. The van der Waals surface area contributed by atoms with E-state index in [1.54, 1.807) is 17.0 Å². The van der Waals surface area contributed by atoms with E-state index in [4.69, 9.17) is 0 Å². The Morgan fingerprint density at radius 3 is 2.43 bits per heavy atom. The fourth-order valence-corrected chi connectivity index (χ4v) is 3.84. The number of nitrogens with zero attached hydrogens (tertiary/aromatic N) is 1. The summed E-state index contributed by atoms with van der Waals surface area (Å²) in [6, 6.07) is 13.8. The van der Waals surface area contributed by atoms with E-state index in [0.717, 1.165) is 17.5 Å². The summed E-state index contributed by atoms with van der Waals surface area (Å²) in [6.45, 7) is 4.51. The molecular formula is C21H24N2O4S. The third-order valence-corrected chi connectivity index (χ3v) is 6.02. The maximum atomic E-state index is 12.6. The first-order valence-electron chi connectivity index (χ1n) is 9.16. The molecule has 6 nitrogen and oxygen atoms in total. The molecule has 2 aromatic carbocycles. The fourth-order valence-electron chi connectivity index (χ4n) is 3.21. The molecule has 0 radical (unpaired) electrons. The average Bonchev–Trinajstić information content (AvgIpc) is 3.03. The number of nitrogens with one attached hydrogen (secondary N) is 1. The summed E-state index contributed by atoms with van der Waals surface area (Å²) in [7, 11) is -3.28. The molecule has 1 saturated heterocycles. The number of rotatable bonds is 5. The molecule has 0 saturated carbocycles. The summed E-state index contributed by atoms with van der Waals surface area (Å²) in [5.41, 5.74) is 2.46. The van der Waals surface area contributed by atoms with Gasteiger partial charge in [-0.05, 0) is 47.9 Å². The maximum absolute atomic E-state index is 12.6. The van der Waals surface area contributed by atoms with Crippen LogP contribution >= 0.6 is 0 Å². The van der Waals surface area contributed by atoms with E-state index in [-0.39, 0.29) is 23.1 Å². The number of hydrogen-bond acceptors (Lipinski definition) is 4. The lowest BCUT2D eigenvalue weighted by atomic mass is 10.0. The van der Waals surface area contributed by atoms with Crippen LogP contribution in [0, 0.1) is 5.92 Å². The van der Waals surface area contributed by atoms with Crippen molar-refractivity contribution in [1.29, 1.82) is 0 Å². The van der Waals surface area contributed by atoms with Gasteiger partial charge in [-0.1, -0.05) is 26.0 Å². The highest BCUT2D eigenvalue weighted by Crippen LogP contribution is 2.28. The molecular weight excluding hydrogens is 376 g/mol. The lowest BCUT2D eigenvalue weighted by Gasteiger charge is -2.18. The molecule has 2 aromatic rings. The highest BCUT2D eigenvalue weighted by molar-refractivity contribution is 7.90. The van der Waals surface area contributed by atoms with E-state index >= 15 is 0 Å². The third kappa shape index (κ3) is 4.42. The van der Waals surface area contributed by atoms with Crippen molar-refractivity contribution < 1.29 is 18.0 Å². The lowest BCUT2D eigenvalue weighted by Crippen LogP contribution is -2.28. The van der Waals surface area contributed by atoms with Crippen LogP contribution in [0.25, 0.3) is 0 Å². The van der Waals surface area contributed by atoms with Crippen LogP contribution in [0.5, 0.6) is 0 Å². The molecule has 0 aliphatic carbocycles. The van der Waals surface area contributed by atoms with Crippen LogP contribution in [0.15, 0.2) is 53.4 Å². The van der Waals surface area contributed by atoms with Crippen molar-refractivity contribution in [1.82, 2.24) is 0 Å². The Morgan fingerprint density at radius 1 is 1.14 bits per heavy atom. The van der Waals surface area contributed by atoms with E-state index < -0.39 is 15.8 Å². The minimum atomic E-state index is -3.28. The van der Waals surface area contributed by atoms with Crippen LogP contribution in [0.4, 0.5) is 11.4 Å². The van der Waals surface area contributed by atoms with Crippen molar-refractivity contribution in [3.8, 4) is 0 Å². The summed E-state index contributed by atoms with van der Waals surface area (Å²) in [5.74, 6) is -0.423. The Hall–Kier alpha value is -2.67. The lowest BCUT2D eigenvalue weighted by molar-refractivity contribution is -0.122. The molecule has 1 aliphatic heterocycles. The molecule has 7 heteroatoms. The summed E-state index contributed by atoms with van der Waals surface area (Å²) in [5, 5.41) is 2.77. The van der Waals surface area contributed by atoms with Crippen LogP contribution in [-0.2, 0) is 19.4 Å². The van der Waals surface area contributed by atoms with Crippen LogP contribution in [0.3, 0.4) is 0 Å². The average molecular weight is 401 g/mol. The van der Waals surface area contributed by atoms with E-state index in [1.807, 2.05) is 24.3 Å². The van der Waals surface area contributed by atoms with E-state index in [2.05, 4.69) is 19.2 Å². The normalized spacial score (nSPS) is 17.2. The number of amides is 2. The Bertz CT molecular complexity index is 997. The van der Waals surface area contributed by atoms with Gasteiger partial charge in [-0.25, -0.2) is 8.42 Å². The summed E-state index contributed by atoms with van der Waals surface area (Å²) >= 11 is 0. The minimum Gasteiger partial charge on any atom is -0.326 e. The number of hydrogen-bond donors (Lipinski definition) is 1. The predicted octanol–water partition coefficient (Wildman–Crippen LogP) is 3.21. The zero-order chi connectivity index (χ0) is 20.5. The molecule has 0 unspecified atom stereocenters. The number of anilines is 2. The highest BCUT2D eigenvalue weighted by atomic mass is 32.2. The first kappa shape index (κ1) is 20.1. The minimum absolute atomic E-state index is 0.0755. The smallest absolute Gasteiger partial charge is 0.229 e. The number of sulfone groups is 1. The quantitative estimate of drug-likeness (QED) is 0.835. The van der Waals surface area contributed by atoms with Gasteiger partial charge in [-0.3, -0.25) is 9.59 Å². The molecule has 0 aromatic heterocycles. The SMILES string of the molecule is CC(C)c1cccc(N2C[C@@H](C(=O)Nc3ccc(S(C)(=O)=O)cc3)CC2=O)c1. The van der Waals surface area contributed by atoms with Gasteiger partial charge in [0.25, 0.3) is 0 Å². The molecule has 1 fully saturated rings. The van der Waals surface area contributed by atoms with Gasteiger partial charge in [0.15, 0.2) is 9.84 Å². The summed E-state index contributed by atoms with van der Waals surface area (Å²) < 4.78 is 23.0. The van der Waals surface area contributed by atoms with Gasteiger partial charge in [0.05, 0.1) is 10.8 Å². The Morgan fingerprint density at radius 2 is 1.82 bits per heavy atom. The van der Waals surface area contributed by atoms with Gasteiger partial charge in [0.2, 0.25) is 11.8 Å². The van der Waals surface area contributed by atoms with Crippen molar-refractivity contribution in [3.63, 3.8) is 0 Å². The molecule has 0 spiro atoms. The zero-order valence-corrected chi connectivity index (χ0v) is 17.0. The summed E-state index contributed by atoms with van der Waals surface area (Å²) in [4.78, 5) is 26.9. The van der Waals surface area contributed by atoms with Crippen LogP contribution in [0.1, 0.15) is 31.7 Å². The van der Waals surface area contributed by atoms with Crippen LogP contribution in [0.2, 0.25) is 0 Å². The zero-order valence-electron chi connectivity index (χ0n) is 16.2. The van der Waals surface area contributed by atoms with E-state index in [1.165, 1.54) is 12.1 Å². The number of benzene rings is 2. The summed E-state index contributed by atoms with van der Waals surface area (Å²) in [6.07, 6.45) is 1.28. The third-order valence-electron chi connectivity index (χ3n) is 4.89. The number of carbonyl (C=O) groups excluding carboxylic acids is 2. The van der Waals surface area contributed by atoms with Crippen molar-refractivity contribution in [2.45, 2.75) is 31.1 Å². The van der Waals surface area contributed by atoms with Crippen molar-refractivity contribution >= 4 is 33.0 Å². The molecule has 148 valence electrons. The van der Waals surface area contributed by atoms with E-state index in [9.17, 15) is 18.0 Å². The Balaban J connectivity index is 1.69. The molecule has 1 aliphatic rings. The number of carbonyl (C=O) groups is 2. The highest BCUT2D eigenvalue weighted by Gasteiger charge is 2.35. The maximum Gasteiger partial charge on any atom is 0.229 e. The molecule has 1 heterocycles. The second-order valence-corrected chi connectivity index (χ2v) is 9.46. The van der Waals surface area contributed by atoms with Crippen molar-refractivity contribution in [2.24, 2.45) is 5.92 Å². The van der Waals surface area contributed by atoms with Crippen LogP contribution < -0.4 is 10.2 Å². The fraction of sp³-hybridized carbons (Fsp3) is 0.333. The molecule has 2 amide bonds. The van der Waals surface area contributed by atoms with Gasteiger partial charge in [0.1, 0.15) is 0 Å². The Kier molecular flexibility index (Phi) is 5.56. The molecule has 0 bridgehead atoms. The van der Waals surface area contributed by atoms with Crippen molar-refractivity contribution in [3.05, 3.63) is 54.1 Å². The first-order valence-corrected chi connectivity index (χ1v) is 11.1. The van der Waals surface area contributed by atoms with Gasteiger partial charge >= 0.3 is 0 Å². The molecule has 1 N–H and O–H groups in total. The largest absolute Gasteiger partial charge is 0.326 e. The Labute approximate surface area is 165 Å². The second kappa shape index (κ2) is 7.75. The van der Waals surface area contributed by atoms with Gasteiger partial charge in [-0.2, -0.15) is 0 Å². The van der Waals surface area contributed by atoms with E-state index in [0.29, 0.717) is 18.2 Å². The monoisotopic (exact) mass is 400 g/mol. The predicted molar refractivity (Wildman–Crippen MR) is 109 cm³/mol. The van der Waals surface area contributed by atoms with Crippen LogP contribution in [-0.4, -0.2) is 33.0 Å². The first-order chi connectivity index (χ1) is 13.1. The van der Waals surface area contributed by atoms with Crippen molar-refractivity contribution in [2.75, 3.05) is 23.0 Å². The van der Waals surface area contributed by atoms with Gasteiger partial charge in [0, 0.05) is 30.6 Å². The van der Waals surface area contributed by atoms with Gasteiger partial charge in [-0.15, -0.1) is 0 Å². The molecule has 1 atom stereocenters. The standard InChI is InChI=1S/C21H24N2O4S/c1-14(2)15-5-4-6-18(11-15)23-13-16(12-20(23)24)21(25)22-17-7-9-19(10-8-17)28(3,26)27/h4-11,14,16H,12-13H2,1-3H3,(H,22,25)/t16-/m0/s1. The molecule has 28 heavy (non-hydrogen) atoms. The molecule has 3 rings (SSSR count). The van der Waals surface area contributed by atoms with Gasteiger partial charge < -0.3 is 10.2 Å².